The van der Waals surface area contributed by atoms with Crippen LogP contribution < -0.4 is 0 Å². The zero-order valence-corrected chi connectivity index (χ0v) is 12.5. The summed E-state index contributed by atoms with van der Waals surface area (Å²) < 4.78 is 4.98. The summed E-state index contributed by atoms with van der Waals surface area (Å²) in [6.07, 6.45) is 7.38. The van der Waals surface area contributed by atoms with Gasteiger partial charge >= 0.3 is 0 Å². The highest BCUT2D eigenvalue weighted by Gasteiger charge is 2.21. The van der Waals surface area contributed by atoms with Crippen LogP contribution in [0.25, 0.3) is 6.08 Å². The van der Waals surface area contributed by atoms with Crippen molar-refractivity contribution in [2.75, 3.05) is 32.7 Å². The Labute approximate surface area is 130 Å². The molecule has 1 aliphatic rings. The predicted molar refractivity (Wildman–Crippen MR) is 86.5 cm³/mol. The van der Waals surface area contributed by atoms with Gasteiger partial charge in [-0.2, -0.15) is 0 Å². The van der Waals surface area contributed by atoms with Gasteiger partial charge in [0.25, 0.3) is 5.91 Å². The monoisotopic (exact) mass is 296 g/mol. The number of carbonyl (C=O) groups excluding carboxylic acids is 1. The first-order valence-corrected chi connectivity index (χ1v) is 7.58. The molecule has 22 heavy (non-hydrogen) atoms. The summed E-state index contributed by atoms with van der Waals surface area (Å²) >= 11 is 0. The minimum Gasteiger partial charge on any atom is -0.472 e. The predicted octanol–water partition coefficient (Wildman–Crippen LogP) is 2.75. The van der Waals surface area contributed by atoms with E-state index in [2.05, 4.69) is 29.2 Å². The molecule has 0 saturated carbocycles. The van der Waals surface area contributed by atoms with Crippen LogP contribution in [0.2, 0.25) is 0 Å². The number of carbonyl (C=O) groups is 1. The third-order valence-electron chi connectivity index (χ3n) is 3.90. The van der Waals surface area contributed by atoms with Crippen LogP contribution >= 0.6 is 0 Å². The number of benzene rings is 1. The van der Waals surface area contributed by atoms with E-state index in [1.807, 2.05) is 23.1 Å². The highest BCUT2D eigenvalue weighted by atomic mass is 16.3. The summed E-state index contributed by atoms with van der Waals surface area (Å²) in [7, 11) is 0. The quantitative estimate of drug-likeness (QED) is 0.870. The Kier molecular flexibility index (Phi) is 4.71. The van der Waals surface area contributed by atoms with Crippen molar-refractivity contribution in [2.24, 2.45) is 0 Å². The van der Waals surface area contributed by atoms with E-state index in [1.165, 1.54) is 18.1 Å². The minimum absolute atomic E-state index is 0.0632. The van der Waals surface area contributed by atoms with E-state index in [0.29, 0.717) is 5.56 Å². The standard InChI is InChI=1S/C18H20N2O2/c21-18(17-8-14-22-15-17)20-12-10-19(11-13-20)9-4-7-16-5-2-1-3-6-16/h1-8,14-15H,9-13H2. The van der Waals surface area contributed by atoms with E-state index in [-0.39, 0.29) is 5.91 Å². The Balaban J connectivity index is 1.46. The van der Waals surface area contributed by atoms with E-state index in [4.69, 9.17) is 4.42 Å². The first-order chi connectivity index (χ1) is 10.8. The fraction of sp³-hybridized carbons (Fsp3) is 0.278. The molecule has 114 valence electrons. The molecular formula is C18H20N2O2. The highest BCUT2D eigenvalue weighted by Crippen LogP contribution is 2.09. The molecule has 0 bridgehead atoms. The molecule has 0 spiro atoms. The summed E-state index contributed by atoms with van der Waals surface area (Å²) in [5.74, 6) is 0.0632. The second-order valence-electron chi connectivity index (χ2n) is 5.42. The summed E-state index contributed by atoms with van der Waals surface area (Å²) in [5, 5.41) is 0. The van der Waals surface area contributed by atoms with Gasteiger partial charge < -0.3 is 9.32 Å². The molecule has 0 radical (unpaired) electrons. The zero-order valence-electron chi connectivity index (χ0n) is 12.5. The maximum atomic E-state index is 12.2. The van der Waals surface area contributed by atoms with Crippen LogP contribution in [0.1, 0.15) is 15.9 Å². The SMILES string of the molecule is O=C(c1ccoc1)N1CCN(CC=Cc2ccccc2)CC1. The van der Waals surface area contributed by atoms with Crippen LogP contribution in [0.4, 0.5) is 0 Å². The molecule has 0 aliphatic carbocycles. The summed E-state index contributed by atoms with van der Waals surface area (Å²) in [6, 6.07) is 12.0. The molecule has 1 aromatic carbocycles. The smallest absolute Gasteiger partial charge is 0.257 e. The van der Waals surface area contributed by atoms with Crippen molar-refractivity contribution in [1.82, 2.24) is 9.80 Å². The van der Waals surface area contributed by atoms with Gasteiger partial charge in [-0.15, -0.1) is 0 Å². The number of rotatable bonds is 4. The molecule has 1 aromatic heterocycles. The fourth-order valence-electron chi connectivity index (χ4n) is 2.60. The zero-order chi connectivity index (χ0) is 15.2. The summed E-state index contributed by atoms with van der Waals surface area (Å²) in [4.78, 5) is 16.5. The van der Waals surface area contributed by atoms with Crippen molar-refractivity contribution in [3.8, 4) is 0 Å². The number of nitrogens with zero attached hydrogens (tertiary/aromatic N) is 2. The molecule has 1 aliphatic heterocycles. The van der Waals surface area contributed by atoms with Gasteiger partial charge in [0.15, 0.2) is 0 Å². The van der Waals surface area contributed by atoms with E-state index in [9.17, 15) is 4.79 Å². The number of amides is 1. The van der Waals surface area contributed by atoms with Crippen LogP contribution in [0.3, 0.4) is 0 Å². The molecule has 4 nitrogen and oxygen atoms in total. The lowest BCUT2D eigenvalue weighted by Crippen LogP contribution is -2.48. The molecular weight excluding hydrogens is 276 g/mol. The second-order valence-corrected chi connectivity index (χ2v) is 5.42. The maximum absolute atomic E-state index is 12.2. The third-order valence-corrected chi connectivity index (χ3v) is 3.90. The largest absolute Gasteiger partial charge is 0.472 e. The topological polar surface area (TPSA) is 36.7 Å². The van der Waals surface area contributed by atoms with Crippen LogP contribution in [-0.2, 0) is 0 Å². The van der Waals surface area contributed by atoms with Gasteiger partial charge in [-0.05, 0) is 11.6 Å². The number of hydrogen-bond donors (Lipinski definition) is 0. The first-order valence-electron chi connectivity index (χ1n) is 7.58. The van der Waals surface area contributed by atoms with Gasteiger partial charge in [-0.25, -0.2) is 0 Å². The van der Waals surface area contributed by atoms with Gasteiger partial charge in [-0.3, -0.25) is 9.69 Å². The van der Waals surface area contributed by atoms with Gasteiger partial charge in [0.05, 0.1) is 11.8 Å². The molecule has 2 heterocycles. The number of furan rings is 1. The normalized spacial score (nSPS) is 16.3. The summed E-state index contributed by atoms with van der Waals surface area (Å²) in [6.45, 7) is 4.26. The highest BCUT2D eigenvalue weighted by molar-refractivity contribution is 5.93. The third kappa shape index (κ3) is 3.65. The molecule has 0 atom stereocenters. The Morgan fingerprint density at radius 1 is 1.09 bits per heavy atom. The van der Waals surface area contributed by atoms with Gasteiger partial charge in [0.1, 0.15) is 6.26 Å². The molecule has 2 aromatic rings. The second kappa shape index (κ2) is 7.09. The van der Waals surface area contributed by atoms with Gasteiger partial charge in [-0.1, -0.05) is 42.5 Å². The number of hydrogen-bond acceptors (Lipinski definition) is 3. The van der Waals surface area contributed by atoms with Crippen LogP contribution in [0.15, 0.2) is 59.4 Å². The van der Waals surface area contributed by atoms with Crippen molar-refractivity contribution < 1.29 is 9.21 Å². The lowest BCUT2D eigenvalue weighted by Gasteiger charge is -2.33. The van der Waals surface area contributed by atoms with Crippen molar-refractivity contribution in [3.05, 3.63) is 66.1 Å². The Morgan fingerprint density at radius 2 is 1.86 bits per heavy atom. The van der Waals surface area contributed by atoms with Crippen LogP contribution in [-0.4, -0.2) is 48.4 Å². The van der Waals surface area contributed by atoms with E-state index >= 15 is 0 Å². The molecule has 1 fully saturated rings. The lowest BCUT2D eigenvalue weighted by molar-refractivity contribution is 0.0649. The lowest BCUT2D eigenvalue weighted by atomic mass is 10.2. The minimum atomic E-state index is 0.0632. The van der Waals surface area contributed by atoms with Crippen molar-refractivity contribution >= 4 is 12.0 Å². The Morgan fingerprint density at radius 3 is 2.55 bits per heavy atom. The van der Waals surface area contributed by atoms with Gasteiger partial charge in [0, 0.05) is 32.7 Å². The van der Waals surface area contributed by atoms with Crippen LogP contribution in [0, 0.1) is 0 Å². The first kappa shape index (κ1) is 14.6. The molecule has 1 amide bonds. The average molecular weight is 296 g/mol. The molecule has 3 rings (SSSR count). The van der Waals surface area contributed by atoms with Gasteiger partial charge in [0.2, 0.25) is 0 Å². The molecule has 4 heteroatoms. The Hall–Kier alpha value is -2.33. The molecule has 0 unspecified atom stereocenters. The number of piperazine rings is 1. The van der Waals surface area contributed by atoms with Crippen molar-refractivity contribution in [3.63, 3.8) is 0 Å². The van der Waals surface area contributed by atoms with Crippen molar-refractivity contribution in [2.45, 2.75) is 0 Å². The van der Waals surface area contributed by atoms with Crippen LogP contribution in [0.5, 0.6) is 0 Å². The fourth-order valence-corrected chi connectivity index (χ4v) is 2.60. The maximum Gasteiger partial charge on any atom is 0.257 e. The van der Waals surface area contributed by atoms with E-state index in [0.717, 1.165) is 32.7 Å². The average Bonchev–Trinajstić information content (AvgIpc) is 3.10. The van der Waals surface area contributed by atoms with E-state index in [1.54, 1.807) is 6.07 Å². The Bertz CT molecular complexity index is 612. The van der Waals surface area contributed by atoms with Crippen molar-refractivity contribution in [1.29, 1.82) is 0 Å². The molecule has 0 N–H and O–H groups in total. The van der Waals surface area contributed by atoms with E-state index < -0.39 is 0 Å². The molecule has 1 saturated heterocycles. The summed E-state index contributed by atoms with van der Waals surface area (Å²) in [5.41, 5.74) is 1.86.